The summed E-state index contributed by atoms with van der Waals surface area (Å²) in [6.07, 6.45) is -1.73. The average Bonchev–Trinajstić information content (AvgIpc) is 3.24. The third kappa shape index (κ3) is 5.77. The maximum absolute atomic E-state index is 12.7. The van der Waals surface area contributed by atoms with Crippen LogP contribution in [0, 0.1) is 0 Å². The molecule has 2 N–H and O–H groups in total. The van der Waals surface area contributed by atoms with Crippen molar-refractivity contribution in [1.29, 1.82) is 0 Å². The second kappa shape index (κ2) is 9.41. The number of ether oxygens (including phenoxy) is 2. The second-order valence-corrected chi connectivity index (χ2v) is 6.45. The number of hydrogen-bond donors (Lipinski definition) is 2. The minimum atomic E-state index is -4.95. The third-order valence-corrected chi connectivity index (χ3v) is 4.32. The van der Waals surface area contributed by atoms with Gasteiger partial charge in [-0.2, -0.15) is 5.10 Å². The van der Waals surface area contributed by atoms with E-state index in [-0.39, 0.29) is 36.6 Å². The zero-order chi connectivity index (χ0) is 23.3. The van der Waals surface area contributed by atoms with E-state index in [0.717, 1.165) is 16.7 Å². The van der Waals surface area contributed by atoms with E-state index in [4.69, 9.17) is 4.74 Å². The summed E-state index contributed by atoms with van der Waals surface area (Å²) >= 11 is 0. The number of amides is 1. The van der Waals surface area contributed by atoms with Gasteiger partial charge >= 0.3 is 12.1 Å². The number of hydrogen-bond acceptors (Lipinski definition) is 6. The molecule has 3 aromatic rings. The largest absolute Gasteiger partial charge is 0.573 e. The Hall–Kier alpha value is -4.03. The van der Waals surface area contributed by atoms with Gasteiger partial charge in [0.25, 0.3) is 11.5 Å². The molecule has 0 atom stereocenters. The molecule has 0 fully saturated rings. The molecule has 0 radical (unpaired) electrons. The van der Waals surface area contributed by atoms with Crippen molar-refractivity contribution in [3.8, 4) is 11.5 Å². The number of benzene rings is 1. The van der Waals surface area contributed by atoms with Crippen molar-refractivity contribution in [1.82, 2.24) is 24.6 Å². The Morgan fingerprint density at radius 2 is 2.00 bits per heavy atom. The fraction of sp³-hybridized carbons (Fsp3) is 0.263. The number of carbonyl (C=O) groups excluding carboxylic acids is 1. The SMILES string of the molecule is COc1ccc(CNC(=O)c2cc(=O)n(CCn3cccn3)c(=O)[nH]2)c(OC(F)(F)F)c1. The van der Waals surface area contributed by atoms with E-state index in [0.29, 0.717) is 0 Å². The highest BCUT2D eigenvalue weighted by atomic mass is 19.4. The first kappa shape index (κ1) is 22.7. The van der Waals surface area contributed by atoms with Gasteiger partial charge in [-0.15, -0.1) is 13.2 Å². The van der Waals surface area contributed by atoms with E-state index >= 15 is 0 Å². The van der Waals surface area contributed by atoms with Crippen LogP contribution in [0.1, 0.15) is 16.1 Å². The zero-order valence-electron chi connectivity index (χ0n) is 16.7. The lowest BCUT2D eigenvalue weighted by molar-refractivity contribution is -0.274. The standard InChI is InChI=1S/C19H18F3N5O5/c1-31-13-4-3-12(15(9-13)32-19(20,21)22)11-23-17(29)14-10-16(28)27(18(30)25-14)8-7-26-6-2-5-24-26/h2-6,9-10H,7-8,11H2,1H3,(H,23,29)(H,25,30). The van der Waals surface area contributed by atoms with Crippen molar-refractivity contribution >= 4 is 5.91 Å². The smallest absolute Gasteiger partial charge is 0.497 e. The van der Waals surface area contributed by atoms with E-state index in [2.05, 4.69) is 20.1 Å². The second-order valence-electron chi connectivity index (χ2n) is 6.45. The minimum absolute atomic E-state index is 0.00591. The molecule has 0 spiro atoms. The predicted octanol–water partition coefficient (Wildman–Crippen LogP) is 1.27. The summed E-state index contributed by atoms with van der Waals surface area (Å²) in [6.45, 7) is -0.0681. The van der Waals surface area contributed by atoms with Gasteiger partial charge in [0.2, 0.25) is 0 Å². The van der Waals surface area contributed by atoms with E-state index < -0.39 is 29.3 Å². The summed E-state index contributed by atoms with van der Waals surface area (Å²) in [6, 6.07) is 6.33. The van der Waals surface area contributed by atoms with Crippen molar-refractivity contribution in [3.63, 3.8) is 0 Å². The average molecular weight is 453 g/mol. The summed E-state index contributed by atoms with van der Waals surface area (Å²) in [5.74, 6) is -1.28. The molecule has 32 heavy (non-hydrogen) atoms. The van der Waals surface area contributed by atoms with Crippen molar-refractivity contribution < 1.29 is 27.4 Å². The van der Waals surface area contributed by atoms with Gasteiger partial charge in [-0.05, 0) is 18.2 Å². The number of carbonyl (C=O) groups is 1. The lowest BCUT2D eigenvalue weighted by Crippen LogP contribution is -2.39. The maximum Gasteiger partial charge on any atom is 0.573 e. The maximum atomic E-state index is 12.7. The number of aromatic nitrogens is 4. The Morgan fingerprint density at radius 1 is 1.22 bits per heavy atom. The molecular formula is C19H18F3N5O5. The Morgan fingerprint density at radius 3 is 2.62 bits per heavy atom. The van der Waals surface area contributed by atoms with Gasteiger partial charge in [-0.1, -0.05) is 0 Å². The van der Waals surface area contributed by atoms with Crippen molar-refractivity contribution in [2.45, 2.75) is 26.0 Å². The summed E-state index contributed by atoms with van der Waals surface area (Å²) in [4.78, 5) is 39.1. The van der Waals surface area contributed by atoms with Crippen LogP contribution in [-0.2, 0) is 19.6 Å². The van der Waals surface area contributed by atoms with Gasteiger partial charge in [-0.25, -0.2) is 4.79 Å². The molecular weight excluding hydrogens is 435 g/mol. The van der Waals surface area contributed by atoms with Crippen molar-refractivity contribution in [2.24, 2.45) is 0 Å². The molecule has 2 aromatic heterocycles. The Bertz CT molecular complexity index is 1170. The molecule has 0 unspecified atom stereocenters. The van der Waals surface area contributed by atoms with Gasteiger partial charge < -0.3 is 19.8 Å². The first-order chi connectivity index (χ1) is 15.2. The van der Waals surface area contributed by atoms with Gasteiger partial charge in [0.05, 0.1) is 20.2 Å². The molecule has 3 rings (SSSR count). The van der Waals surface area contributed by atoms with Crippen LogP contribution < -0.4 is 26.0 Å². The summed E-state index contributed by atoms with van der Waals surface area (Å²) in [5.41, 5.74) is -1.84. The first-order valence-corrected chi connectivity index (χ1v) is 9.19. The lowest BCUT2D eigenvalue weighted by atomic mass is 10.2. The summed E-state index contributed by atoms with van der Waals surface area (Å²) in [7, 11) is 1.28. The summed E-state index contributed by atoms with van der Waals surface area (Å²) in [5, 5.41) is 6.31. The third-order valence-electron chi connectivity index (χ3n) is 4.32. The molecule has 0 bridgehead atoms. The number of rotatable bonds is 8. The van der Waals surface area contributed by atoms with Crippen molar-refractivity contribution in [2.75, 3.05) is 7.11 Å². The van der Waals surface area contributed by atoms with Crippen LogP contribution in [0.25, 0.3) is 0 Å². The van der Waals surface area contributed by atoms with Gasteiger partial charge in [0, 0.05) is 36.6 Å². The summed E-state index contributed by atoms with van der Waals surface area (Å²) < 4.78 is 49.3. The fourth-order valence-corrected chi connectivity index (χ4v) is 2.79. The Balaban J connectivity index is 1.72. The number of aromatic amines is 1. The molecule has 1 aromatic carbocycles. The normalized spacial score (nSPS) is 11.2. The lowest BCUT2D eigenvalue weighted by Gasteiger charge is -2.15. The molecule has 0 aliphatic heterocycles. The highest BCUT2D eigenvalue weighted by Gasteiger charge is 2.32. The number of nitrogens with one attached hydrogen (secondary N) is 2. The molecule has 13 heteroatoms. The quantitative estimate of drug-likeness (QED) is 0.530. The number of halogens is 3. The van der Waals surface area contributed by atoms with Crippen LogP contribution in [0.4, 0.5) is 13.2 Å². The molecule has 0 aliphatic rings. The van der Waals surface area contributed by atoms with Crippen LogP contribution in [0.2, 0.25) is 0 Å². The topological polar surface area (TPSA) is 120 Å². The van der Waals surface area contributed by atoms with Crippen LogP contribution in [0.3, 0.4) is 0 Å². The molecule has 0 saturated heterocycles. The number of aryl methyl sites for hydroxylation is 1. The van der Waals surface area contributed by atoms with Gasteiger partial charge in [-0.3, -0.25) is 18.8 Å². The molecule has 2 heterocycles. The molecule has 10 nitrogen and oxygen atoms in total. The number of alkyl halides is 3. The highest BCUT2D eigenvalue weighted by molar-refractivity contribution is 5.92. The fourth-order valence-electron chi connectivity index (χ4n) is 2.79. The molecule has 170 valence electrons. The number of H-pyrrole nitrogens is 1. The van der Waals surface area contributed by atoms with Crippen LogP contribution in [0.5, 0.6) is 11.5 Å². The predicted molar refractivity (Wildman–Crippen MR) is 104 cm³/mol. The van der Waals surface area contributed by atoms with Crippen molar-refractivity contribution in [3.05, 3.63) is 74.8 Å². The van der Waals surface area contributed by atoms with E-state index in [9.17, 15) is 27.6 Å². The Kier molecular flexibility index (Phi) is 6.66. The monoisotopic (exact) mass is 453 g/mol. The van der Waals surface area contributed by atoms with E-state index in [1.165, 1.54) is 23.9 Å². The molecule has 0 saturated carbocycles. The molecule has 1 amide bonds. The highest BCUT2D eigenvalue weighted by Crippen LogP contribution is 2.30. The molecule has 0 aliphatic carbocycles. The first-order valence-electron chi connectivity index (χ1n) is 9.19. The van der Waals surface area contributed by atoms with E-state index in [1.54, 1.807) is 18.5 Å². The van der Waals surface area contributed by atoms with Crippen LogP contribution in [-0.4, -0.2) is 38.7 Å². The minimum Gasteiger partial charge on any atom is -0.497 e. The van der Waals surface area contributed by atoms with Crippen LogP contribution in [0.15, 0.2) is 52.3 Å². The zero-order valence-corrected chi connectivity index (χ0v) is 16.7. The number of nitrogens with zero attached hydrogens (tertiary/aromatic N) is 3. The van der Waals surface area contributed by atoms with E-state index in [1.807, 2.05) is 0 Å². The number of methoxy groups -OCH3 is 1. The Labute approximate surface area is 178 Å². The van der Waals surface area contributed by atoms with Gasteiger partial charge in [0.1, 0.15) is 17.2 Å². The van der Waals surface area contributed by atoms with Crippen LogP contribution >= 0.6 is 0 Å². The van der Waals surface area contributed by atoms with Gasteiger partial charge in [0.15, 0.2) is 0 Å².